The Labute approximate surface area is 162 Å². The Bertz CT molecular complexity index is 1280. The molecule has 0 unspecified atom stereocenters. The minimum Gasteiger partial charge on any atom is -0.496 e. The molecule has 0 aliphatic rings. The van der Waals surface area contributed by atoms with Crippen LogP contribution in [-0.4, -0.2) is 26.6 Å². The largest absolute Gasteiger partial charge is 0.496 e. The van der Waals surface area contributed by atoms with Crippen LogP contribution >= 0.6 is 0 Å². The van der Waals surface area contributed by atoms with Gasteiger partial charge >= 0.3 is 0 Å². The first kappa shape index (κ1) is 16.4. The summed E-state index contributed by atoms with van der Waals surface area (Å²) in [5.74, 6) is 0.847. The van der Waals surface area contributed by atoms with Crippen molar-refractivity contribution in [2.75, 3.05) is 7.11 Å². The molecule has 0 radical (unpaired) electrons. The third-order valence-corrected chi connectivity index (χ3v) is 4.96. The van der Waals surface area contributed by atoms with E-state index in [1.54, 1.807) is 13.4 Å². The van der Waals surface area contributed by atoms with E-state index < -0.39 is 0 Å². The number of rotatable bonds is 4. The molecule has 5 rings (SSSR count). The van der Waals surface area contributed by atoms with Crippen LogP contribution < -0.4 is 4.74 Å². The lowest BCUT2D eigenvalue weighted by Gasteiger charge is -2.10. The van der Waals surface area contributed by atoms with Gasteiger partial charge in [0.15, 0.2) is 5.65 Å². The van der Waals surface area contributed by atoms with E-state index in [0.29, 0.717) is 0 Å². The molecule has 2 heterocycles. The summed E-state index contributed by atoms with van der Waals surface area (Å²) in [6, 6.07) is 22.5. The molecule has 5 nitrogen and oxygen atoms in total. The summed E-state index contributed by atoms with van der Waals surface area (Å²) in [6.07, 6.45) is 3.45. The van der Waals surface area contributed by atoms with Crippen molar-refractivity contribution in [1.82, 2.24) is 19.5 Å². The van der Waals surface area contributed by atoms with E-state index in [4.69, 9.17) is 4.74 Å². The van der Waals surface area contributed by atoms with Gasteiger partial charge in [-0.2, -0.15) is 0 Å². The molecule has 0 saturated carbocycles. The average Bonchev–Trinajstić information content (AvgIpc) is 3.17. The van der Waals surface area contributed by atoms with Crippen molar-refractivity contribution in [1.29, 1.82) is 0 Å². The predicted octanol–water partition coefficient (Wildman–Crippen LogP) is 4.70. The zero-order chi connectivity index (χ0) is 18.9. The van der Waals surface area contributed by atoms with Crippen molar-refractivity contribution in [3.63, 3.8) is 0 Å². The van der Waals surface area contributed by atoms with Gasteiger partial charge in [0.05, 0.1) is 20.0 Å². The molecular formula is C23H18N4O. The van der Waals surface area contributed by atoms with E-state index in [-0.39, 0.29) is 0 Å². The van der Waals surface area contributed by atoms with Crippen LogP contribution in [0.25, 0.3) is 33.2 Å². The van der Waals surface area contributed by atoms with Crippen LogP contribution in [0.3, 0.4) is 0 Å². The lowest BCUT2D eigenvalue weighted by Crippen LogP contribution is -1.99. The topological polar surface area (TPSA) is 52.8 Å². The smallest absolute Gasteiger partial charge is 0.164 e. The van der Waals surface area contributed by atoms with Crippen molar-refractivity contribution >= 4 is 21.9 Å². The zero-order valence-corrected chi connectivity index (χ0v) is 15.4. The maximum absolute atomic E-state index is 5.52. The summed E-state index contributed by atoms with van der Waals surface area (Å²) < 4.78 is 7.58. The van der Waals surface area contributed by atoms with Gasteiger partial charge in [-0.25, -0.2) is 15.0 Å². The van der Waals surface area contributed by atoms with Crippen LogP contribution in [0.4, 0.5) is 0 Å². The number of nitrogens with zero attached hydrogens (tertiary/aromatic N) is 4. The van der Waals surface area contributed by atoms with Crippen LogP contribution in [0, 0.1) is 0 Å². The summed E-state index contributed by atoms with van der Waals surface area (Å²) in [7, 11) is 1.69. The van der Waals surface area contributed by atoms with E-state index in [9.17, 15) is 0 Å². The summed E-state index contributed by atoms with van der Waals surface area (Å²) >= 11 is 0. The molecule has 0 atom stereocenters. The van der Waals surface area contributed by atoms with Crippen molar-refractivity contribution < 1.29 is 4.74 Å². The van der Waals surface area contributed by atoms with Crippen LogP contribution in [0.5, 0.6) is 5.75 Å². The molecule has 2 aromatic heterocycles. The Kier molecular flexibility index (Phi) is 3.98. The Morgan fingerprint density at radius 3 is 2.43 bits per heavy atom. The number of ether oxygens (including phenoxy) is 1. The Balaban J connectivity index is 1.68. The molecule has 0 aliphatic heterocycles. The lowest BCUT2D eigenvalue weighted by atomic mass is 10.0. The first-order valence-electron chi connectivity index (χ1n) is 9.11. The van der Waals surface area contributed by atoms with Gasteiger partial charge in [-0.1, -0.05) is 54.6 Å². The molecule has 0 saturated heterocycles. The fraction of sp³-hybridized carbons (Fsp3) is 0.0870. The third kappa shape index (κ3) is 2.68. The van der Waals surface area contributed by atoms with Gasteiger partial charge in [-0.05, 0) is 23.1 Å². The van der Waals surface area contributed by atoms with E-state index in [1.165, 1.54) is 5.56 Å². The second-order valence-corrected chi connectivity index (χ2v) is 6.61. The lowest BCUT2D eigenvalue weighted by molar-refractivity contribution is 0.420. The Morgan fingerprint density at radius 2 is 1.61 bits per heavy atom. The van der Waals surface area contributed by atoms with E-state index in [0.717, 1.165) is 45.5 Å². The first-order valence-corrected chi connectivity index (χ1v) is 9.11. The first-order chi connectivity index (χ1) is 13.8. The number of aromatic nitrogens is 4. The second kappa shape index (κ2) is 6.78. The molecule has 136 valence electrons. The molecule has 0 fully saturated rings. The highest BCUT2D eigenvalue weighted by molar-refractivity contribution is 6.03. The molecule has 5 heteroatoms. The Morgan fingerprint density at radius 1 is 0.821 bits per heavy atom. The number of imidazole rings is 1. The van der Waals surface area contributed by atoms with Crippen LogP contribution in [0.2, 0.25) is 0 Å². The number of hydrogen-bond acceptors (Lipinski definition) is 4. The van der Waals surface area contributed by atoms with Gasteiger partial charge in [-0.3, -0.25) is 0 Å². The maximum Gasteiger partial charge on any atom is 0.164 e. The molecule has 28 heavy (non-hydrogen) atoms. The van der Waals surface area contributed by atoms with Gasteiger partial charge in [0.25, 0.3) is 0 Å². The molecular weight excluding hydrogens is 348 g/mol. The van der Waals surface area contributed by atoms with Gasteiger partial charge in [-0.15, -0.1) is 0 Å². The fourth-order valence-electron chi connectivity index (χ4n) is 3.63. The summed E-state index contributed by atoms with van der Waals surface area (Å²) in [6.45, 7) is 0.719. The molecule has 0 N–H and O–H groups in total. The SMILES string of the molecule is COc1ccc(-c2ncnc3c2ncn3Cc2ccccc2)c2ccccc12. The summed E-state index contributed by atoms with van der Waals surface area (Å²) in [5.41, 5.74) is 4.68. The molecule has 0 spiro atoms. The highest BCUT2D eigenvalue weighted by atomic mass is 16.5. The molecule has 3 aromatic carbocycles. The number of benzene rings is 3. The standard InChI is InChI=1S/C23H18N4O/c1-28-20-12-11-19(17-9-5-6-10-18(17)20)21-22-23(25-14-24-21)27(15-26-22)13-16-7-3-2-4-8-16/h2-12,14-15H,13H2,1H3. The fourth-order valence-corrected chi connectivity index (χ4v) is 3.63. The highest BCUT2D eigenvalue weighted by Gasteiger charge is 2.15. The van der Waals surface area contributed by atoms with Crippen molar-refractivity contribution in [3.05, 3.63) is 84.9 Å². The van der Waals surface area contributed by atoms with Gasteiger partial charge in [0, 0.05) is 10.9 Å². The van der Waals surface area contributed by atoms with Crippen molar-refractivity contribution in [2.45, 2.75) is 6.54 Å². The van der Waals surface area contributed by atoms with Crippen LogP contribution in [-0.2, 0) is 6.54 Å². The molecule has 0 bridgehead atoms. The minimum absolute atomic E-state index is 0.719. The maximum atomic E-state index is 5.52. The van der Waals surface area contributed by atoms with Crippen LogP contribution in [0.15, 0.2) is 79.4 Å². The van der Waals surface area contributed by atoms with Crippen molar-refractivity contribution in [2.24, 2.45) is 0 Å². The van der Waals surface area contributed by atoms with Crippen molar-refractivity contribution in [3.8, 4) is 17.0 Å². The van der Waals surface area contributed by atoms with Gasteiger partial charge in [0.1, 0.15) is 23.3 Å². The van der Waals surface area contributed by atoms with Crippen LogP contribution in [0.1, 0.15) is 5.56 Å². The van der Waals surface area contributed by atoms with E-state index in [1.807, 2.05) is 48.8 Å². The summed E-state index contributed by atoms with van der Waals surface area (Å²) in [4.78, 5) is 13.7. The Hall–Kier alpha value is -3.73. The number of fused-ring (bicyclic) bond motifs is 2. The highest BCUT2D eigenvalue weighted by Crippen LogP contribution is 2.35. The quantitative estimate of drug-likeness (QED) is 0.462. The average molecular weight is 366 g/mol. The van der Waals surface area contributed by atoms with Gasteiger partial charge in [0.2, 0.25) is 0 Å². The summed E-state index contributed by atoms with van der Waals surface area (Å²) in [5, 5.41) is 2.14. The number of methoxy groups -OCH3 is 1. The minimum atomic E-state index is 0.719. The van der Waals surface area contributed by atoms with E-state index >= 15 is 0 Å². The molecule has 5 aromatic rings. The monoisotopic (exact) mass is 366 g/mol. The normalized spacial score (nSPS) is 11.2. The number of hydrogen-bond donors (Lipinski definition) is 0. The molecule has 0 aliphatic carbocycles. The predicted molar refractivity (Wildman–Crippen MR) is 110 cm³/mol. The second-order valence-electron chi connectivity index (χ2n) is 6.61. The van der Waals surface area contributed by atoms with E-state index in [2.05, 4.69) is 43.8 Å². The molecule has 0 amide bonds. The zero-order valence-electron chi connectivity index (χ0n) is 15.4. The third-order valence-electron chi connectivity index (χ3n) is 4.96. The van der Waals surface area contributed by atoms with Gasteiger partial charge < -0.3 is 9.30 Å².